The van der Waals surface area contributed by atoms with Gasteiger partial charge in [-0.25, -0.2) is 0 Å². The number of carbonyl (C=O) groups is 1. The molecule has 1 fully saturated rings. The van der Waals surface area contributed by atoms with Crippen LogP contribution in [0.2, 0.25) is 0 Å². The summed E-state index contributed by atoms with van der Waals surface area (Å²) in [6.45, 7) is 5.42. The fraction of sp³-hybridized carbons (Fsp3) is 0.318. The molecule has 2 aromatic heterocycles. The van der Waals surface area contributed by atoms with Crippen molar-refractivity contribution in [3.63, 3.8) is 0 Å². The first-order chi connectivity index (χ1) is 13.6. The van der Waals surface area contributed by atoms with Crippen LogP contribution in [0.25, 0.3) is 11.3 Å². The van der Waals surface area contributed by atoms with Gasteiger partial charge in [0.15, 0.2) is 0 Å². The van der Waals surface area contributed by atoms with Crippen molar-refractivity contribution in [1.29, 1.82) is 0 Å². The van der Waals surface area contributed by atoms with Crippen molar-refractivity contribution in [2.24, 2.45) is 0 Å². The summed E-state index contributed by atoms with van der Waals surface area (Å²) in [5.41, 5.74) is 5.30. The third-order valence-corrected chi connectivity index (χ3v) is 5.62. The van der Waals surface area contributed by atoms with E-state index < -0.39 is 0 Å². The second-order valence-corrected chi connectivity index (χ2v) is 7.52. The Morgan fingerprint density at radius 3 is 2.64 bits per heavy atom. The van der Waals surface area contributed by atoms with Gasteiger partial charge in [0.2, 0.25) is 0 Å². The van der Waals surface area contributed by atoms with Crippen LogP contribution in [0.3, 0.4) is 0 Å². The molecular weight excluding hydrogens is 352 g/mol. The van der Waals surface area contributed by atoms with Gasteiger partial charge in [0.25, 0.3) is 5.91 Å². The number of anilines is 2. The van der Waals surface area contributed by atoms with Gasteiger partial charge in [-0.1, -0.05) is 17.3 Å². The van der Waals surface area contributed by atoms with Gasteiger partial charge >= 0.3 is 0 Å². The molecule has 0 saturated heterocycles. The lowest BCUT2D eigenvalue weighted by atomic mass is 10.0. The summed E-state index contributed by atoms with van der Waals surface area (Å²) in [4.78, 5) is 22.0. The lowest BCUT2D eigenvalue weighted by Crippen LogP contribution is -2.45. The van der Waals surface area contributed by atoms with Crippen LogP contribution >= 0.6 is 0 Å². The van der Waals surface area contributed by atoms with Crippen LogP contribution in [0.4, 0.5) is 11.4 Å². The number of benzene rings is 1. The second-order valence-electron chi connectivity index (χ2n) is 7.52. The number of aromatic nitrogens is 2. The number of fused-ring (bicyclic) bond motifs is 1. The van der Waals surface area contributed by atoms with E-state index in [1.54, 1.807) is 19.3 Å². The number of amides is 1. The first-order valence-corrected chi connectivity index (χ1v) is 9.70. The first kappa shape index (κ1) is 17.0. The van der Waals surface area contributed by atoms with Gasteiger partial charge in [-0.05, 0) is 50.5 Å². The minimum absolute atomic E-state index is 0.0622. The van der Waals surface area contributed by atoms with Crippen molar-refractivity contribution in [3.05, 3.63) is 59.6 Å². The standard InChI is InChI=1S/C22H22N4O2/c1-14-4-3-5-18-21(14)25(17-6-7-17)12-13-26(18)22(27)19-15(2)28-24-20(19)16-8-10-23-11-9-16/h3-5,8-11,17H,6-7,12-13H2,1-2H3. The molecule has 142 valence electrons. The van der Waals surface area contributed by atoms with Gasteiger partial charge in [-0.15, -0.1) is 0 Å². The van der Waals surface area contributed by atoms with Crippen LogP contribution in [-0.2, 0) is 0 Å². The Balaban J connectivity index is 1.58. The minimum Gasteiger partial charge on any atom is -0.365 e. The largest absolute Gasteiger partial charge is 0.365 e. The molecule has 5 rings (SSSR count). The fourth-order valence-electron chi connectivity index (χ4n) is 4.10. The molecule has 0 N–H and O–H groups in total. The molecule has 0 atom stereocenters. The number of carbonyl (C=O) groups excluding carboxylic acids is 1. The van der Waals surface area contributed by atoms with Gasteiger partial charge in [-0.2, -0.15) is 0 Å². The van der Waals surface area contributed by atoms with Crippen molar-refractivity contribution in [1.82, 2.24) is 10.1 Å². The molecule has 0 bridgehead atoms. The SMILES string of the molecule is Cc1cccc2c1N(C1CC1)CCN2C(=O)c1c(-c2ccncc2)noc1C. The van der Waals surface area contributed by atoms with Crippen molar-refractivity contribution in [2.45, 2.75) is 32.7 Å². The predicted molar refractivity (Wildman–Crippen MR) is 108 cm³/mol. The van der Waals surface area contributed by atoms with Crippen LogP contribution in [0.1, 0.15) is 34.5 Å². The number of rotatable bonds is 3. The topological polar surface area (TPSA) is 62.5 Å². The number of para-hydroxylation sites is 1. The second kappa shape index (κ2) is 6.48. The van der Waals surface area contributed by atoms with Crippen molar-refractivity contribution in [2.75, 3.05) is 22.9 Å². The Labute approximate surface area is 163 Å². The Hall–Kier alpha value is -3.15. The monoisotopic (exact) mass is 374 g/mol. The molecular formula is C22H22N4O2. The molecule has 0 unspecified atom stereocenters. The zero-order valence-corrected chi connectivity index (χ0v) is 16.1. The van der Waals surface area contributed by atoms with Crippen molar-refractivity contribution < 1.29 is 9.32 Å². The highest BCUT2D eigenvalue weighted by Crippen LogP contribution is 2.43. The highest BCUT2D eigenvalue weighted by atomic mass is 16.5. The lowest BCUT2D eigenvalue weighted by molar-refractivity contribution is 0.0985. The van der Waals surface area contributed by atoms with E-state index in [0.29, 0.717) is 29.6 Å². The molecule has 1 aromatic carbocycles. The number of hydrogen-bond acceptors (Lipinski definition) is 5. The normalized spacial score (nSPS) is 16.2. The summed E-state index contributed by atoms with van der Waals surface area (Å²) in [5.74, 6) is 0.475. The Morgan fingerprint density at radius 2 is 1.89 bits per heavy atom. The summed E-state index contributed by atoms with van der Waals surface area (Å²) in [6, 6.07) is 10.5. The molecule has 28 heavy (non-hydrogen) atoms. The quantitative estimate of drug-likeness (QED) is 0.694. The number of hydrogen-bond donors (Lipinski definition) is 0. The van der Waals surface area contributed by atoms with Crippen molar-refractivity contribution >= 4 is 17.3 Å². The molecule has 1 saturated carbocycles. The zero-order chi connectivity index (χ0) is 19.3. The highest BCUT2D eigenvalue weighted by molar-refractivity contribution is 6.12. The third-order valence-electron chi connectivity index (χ3n) is 5.62. The molecule has 1 aliphatic heterocycles. The Morgan fingerprint density at radius 1 is 1.11 bits per heavy atom. The molecule has 2 aliphatic rings. The lowest BCUT2D eigenvalue weighted by Gasteiger charge is -2.39. The van der Waals surface area contributed by atoms with E-state index >= 15 is 0 Å². The third kappa shape index (κ3) is 2.68. The van der Waals surface area contributed by atoms with Crippen LogP contribution < -0.4 is 9.80 Å². The molecule has 0 spiro atoms. The van der Waals surface area contributed by atoms with Crippen LogP contribution in [0, 0.1) is 13.8 Å². The average Bonchev–Trinajstić information content (AvgIpc) is 3.49. The van der Waals surface area contributed by atoms with E-state index in [2.05, 4.69) is 28.0 Å². The van der Waals surface area contributed by atoms with Gasteiger partial charge in [-0.3, -0.25) is 9.78 Å². The molecule has 1 aliphatic carbocycles. The van der Waals surface area contributed by atoms with Gasteiger partial charge in [0.05, 0.1) is 11.4 Å². The molecule has 1 amide bonds. The Bertz CT molecular complexity index is 1040. The van der Waals surface area contributed by atoms with E-state index in [-0.39, 0.29) is 5.91 Å². The number of pyridine rings is 1. The molecule has 3 heterocycles. The summed E-state index contributed by atoms with van der Waals surface area (Å²) in [5, 5.41) is 4.17. The van der Waals surface area contributed by atoms with Gasteiger partial charge in [0, 0.05) is 37.1 Å². The van der Waals surface area contributed by atoms with E-state index in [1.807, 2.05) is 29.2 Å². The maximum absolute atomic E-state index is 13.6. The van der Waals surface area contributed by atoms with Crippen molar-refractivity contribution in [3.8, 4) is 11.3 Å². The predicted octanol–water partition coefficient (Wildman–Crippen LogP) is 3.98. The number of nitrogens with zero attached hydrogens (tertiary/aromatic N) is 4. The summed E-state index contributed by atoms with van der Waals surface area (Å²) in [7, 11) is 0. The maximum Gasteiger partial charge on any atom is 0.264 e. The van der Waals surface area contributed by atoms with E-state index in [0.717, 1.165) is 17.8 Å². The average molecular weight is 374 g/mol. The van der Waals surface area contributed by atoms with E-state index in [1.165, 1.54) is 24.1 Å². The van der Waals surface area contributed by atoms with Gasteiger partial charge in [0.1, 0.15) is 17.0 Å². The molecule has 0 radical (unpaired) electrons. The highest BCUT2D eigenvalue weighted by Gasteiger charge is 2.37. The van der Waals surface area contributed by atoms with Crippen LogP contribution in [0.5, 0.6) is 0 Å². The van der Waals surface area contributed by atoms with Crippen LogP contribution in [0.15, 0.2) is 47.2 Å². The fourth-order valence-corrected chi connectivity index (χ4v) is 4.10. The van der Waals surface area contributed by atoms with Crippen LogP contribution in [-0.4, -0.2) is 35.2 Å². The summed E-state index contributed by atoms with van der Waals surface area (Å²) in [6.07, 6.45) is 5.86. The van der Waals surface area contributed by atoms with Gasteiger partial charge < -0.3 is 14.3 Å². The molecule has 6 nitrogen and oxygen atoms in total. The smallest absolute Gasteiger partial charge is 0.264 e. The zero-order valence-electron chi connectivity index (χ0n) is 16.1. The summed E-state index contributed by atoms with van der Waals surface area (Å²) < 4.78 is 5.41. The summed E-state index contributed by atoms with van der Waals surface area (Å²) >= 11 is 0. The Kier molecular flexibility index (Phi) is 3.93. The minimum atomic E-state index is -0.0622. The van der Waals surface area contributed by atoms with E-state index in [9.17, 15) is 4.79 Å². The maximum atomic E-state index is 13.6. The molecule has 3 aromatic rings. The first-order valence-electron chi connectivity index (χ1n) is 9.70. The number of aryl methyl sites for hydroxylation is 2. The van der Waals surface area contributed by atoms with E-state index in [4.69, 9.17) is 4.52 Å². The molecule has 6 heteroatoms.